The normalized spacial score (nSPS) is 10.7. The highest BCUT2D eigenvalue weighted by Crippen LogP contribution is 2.32. The lowest BCUT2D eigenvalue weighted by Crippen LogP contribution is -2.01. The molecule has 1 heterocycles. The molecule has 0 unspecified atom stereocenters. The summed E-state index contributed by atoms with van der Waals surface area (Å²) in [6, 6.07) is 5.70. The van der Waals surface area contributed by atoms with Gasteiger partial charge in [0.2, 0.25) is 0 Å². The summed E-state index contributed by atoms with van der Waals surface area (Å²) in [7, 11) is 1.64. The number of nitrogens with zero attached hydrogens (tertiary/aromatic N) is 2. The maximum Gasteiger partial charge on any atom is 0.162 e. The third-order valence-electron chi connectivity index (χ3n) is 2.78. The number of methoxy groups -OCH3 is 1. The van der Waals surface area contributed by atoms with Crippen molar-refractivity contribution in [1.82, 2.24) is 9.97 Å². The van der Waals surface area contributed by atoms with E-state index in [1.54, 1.807) is 7.11 Å². The molecule has 2 rings (SSSR count). The number of rotatable bonds is 4. The van der Waals surface area contributed by atoms with Crippen molar-refractivity contribution in [2.24, 2.45) is 0 Å². The van der Waals surface area contributed by atoms with E-state index in [1.165, 1.54) is 0 Å². The van der Waals surface area contributed by atoms with Crippen LogP contribution in [0.25, 0.3) is 11.4 Å². The quantitative estimate of drug-likeness (QED) is 0.462. The summed E-state index contributed by atoms with van der Waals surface area (Å²) in [4.78, 5) is 9.02. The topological polar surface area (TPSA) is 35.0 Å². The second kappa shape index (κ2) is 7.04. The summed E-state index contributed by atoms with van der Waals surface area (Å²) in [5, 5.41) is 0.494. The summed E-state index contributed by atoms with van der Waals surface area (Å²) in [6.45, 7) is 2.12. The Labute approximate surface area is 145 Å². The van der Waals surface area contributed by atoms with Crippen LogP contribution in [0.15, 0.2) is 22.7 Å². The van der Waals surface area contributed by atoms with Gasteiger partial charge in [-0.05, 0) is 47.2 Å². The van der Waals surface area contributed by atoms with Crippen LogP contribution in [0.1, 0.15) is 19.0 Å². The molecule has 0 aliphatic carbocycles. The molecule has 3 nitrogen and oxygen atoms in total. The zero-order chi connectivity index (χ0) is 14.7. The standard InChI is InChI=1S/C14H13BrClIN2O/c1-3-4-11-12(17)13(16)19-14(18-11)9-7-8(20-2)5-6-10(9)15/h5-7H,3-4H2,1-2H3. The average molecular weight is 468 g/mol. The van der Waals surface area contributed by atoms with E-state index in [9.17, 15) is 0 Å². The molecule has 0 aliphatic rings. The number of ether oxygens (including phenoxy) is 1. The van der Waals surface area contributed by atoms with E-state index in [0.717, 1.165) is 37.9 Å². The summed E-state index contributed by atoms with van der Waals surface area (Å²) >= 11 is 11.9. The van der Waals surface area contributed by atoms with Gasteiger partial charge in [-0.15, -0.1) is 0 Å². The van der Waals surface area contributed by atoms with Crippen LogP contribution in [0, 0.1) is 3.57 Å². The van der Waals surface area contributed by atoms with E-state index in [2.05, 4.69) is 55.4 Å². The Bertz CT molecular complexity index is 637. The molecule has 0 saturated heterocycles. The second-order valence-electron chi connectivity index (χ2n) is 4.19. The first-order valence-electron chi connectivity index (χ1n) is 6.12. The summed E-state index contributed by atoms with van der Waals surface area (Å²) in [6.07, 6.45) is 1.90. The van der Waals surface area contributed by atoms with Crippen molar-refractivity contribution in [3.8, 4) is 17.1 Å². The molecule has 20 heavy (non-hydrogen) atoms. The summed E-state index contributed by atoms with van der Waals surface area (Å²) in [5.41, 5.74) is 1.86. The molecule has 2 aromatic rings. The van der Waals surface area contributed by atoms with Crippen LogP contribution in [-0.2, 0) is 6.42 Å². The van der Waals surface area contributed by atoms with Crippen LogP contribution < -0.4 is 4.74 Å². The van der Waals surface area contributed by atoms with Crippen LogP contribution in [-0.4, -0.2) is 17.1 Å². The largest absolute Gasteiger partial charge is 0.497 e. The van der Waals surface area contributed by atoms with Crippen molar-refractivity contribution < 1.29 is 4.74 Å². The van der Waals surface area contributed by atoms with Crippen LogP contribution in [0.3, 0.4) is 0 Å². The summed E-state index contributed by atoms with van der Waals surface area (Å²) < 4.78 is 7.09. The van der Waals surface area contributed by atoms with E-state index in [0.29, 0.717) is 11.0 Å². The van der Waals surface area contributed by atoms with Gasteiger partial charge in [0.05, 0.1) is 16.4 Å². The molecule has 0 atom stereocenters. The monoisotopic (exact) mass is 466 g/mol. The van der Waals surface area contributed by atoms with Crippen molar-refractivity contribution in [2.75, 3.05) is 7.11 Å². The van der Waals surface area contributed by atoms with Crippen LogP contribution in [0.5, 0.6) is 5.75 Å². The van der Waals surface area contributed by atoms with Crippen molar-refractivity contribution >= 4 is 50.1 Å². The lowest BCUT2D eigenvalue weighted by atomic mass is 10.2. The van der Waals surface area contributed by atoms with Crippen molar-refractivity contribution in [2.45, 2.75) is 19.8 Å². The molecule has 0 aliphatic heterocycles. The maximum absolute atomic E-state index is 6.23. The first-order valence-corrected chi connectivity index (χ1v) is 8.37. The van der Waals surface area contributed by atoms with E-state index in [-0.39, 0.29) is 0 Å². The number of benzene rings is 1. The van der Waals surface area contributed by atoms with E-state index in [4.69, 9.17) is 16.3 Å². The molecule has 0 radical (unpaired) electrons. The van der Waals surface area contributed by atoms with E-state index >= 15 is 0 Å². The summed E-state index contributed by atoms with van der Waals surface area (Å²) in [5.74, 6) is 1.38. The predicted octanol–water partition coefficient (Wildman–Crippen LogP) is 5.13. The van der Waals surface area contributed by atoms with Gasteiger partial charge in [0.15, 0.2) is 5.82 Å². The Morgan fingerprint density at radius 3 is 2.75 bits per heavy atom. The van der Waals surface area contributed by atoms with Crippen LogP contribution in [0.2, 0.25) is 5.15 Å². The molecule has 0 saturated carbocycles. The van der Waals surface area contributed by atoms with Gasteiger partial charge in [0.25, 0.3) is 0 Å². The fourth-order valence-electron chi connectivity index (χ4n) is 1.79. The van der Waals surface area contributed by atoms with Gasteiger partial charge >= 0.3 is 0 Å². The Kier molecular flexibility index (Phi) is 5.63. The lowest BCUT2D eigenvalue weighted by Gasteiger charge is -2.10. The highest BCUT2D eigenvalue weighted by Gasteiger charge is 2.14. The number of aromatic nitrogens is 2. The Balaban J connectivity index is 2.57. The molecule has 0 N–H and O–H groups in total. The second-order valence-corrected chi connectivity index (χ2v) is 6.49. The lowest BCUT2D eigenvalue weighted by molar-refractivity contribution is 0.415. The smallest absolute Gasteiger partial charge is 0.162 e. The van der Waals surface area contributed by atoms with Gasteiger partial charge in [-0.2, -0.15) is 0 Å². The average Bonchev–Trinajstić information content (AvgIpc) is 2.44. The first-order chi connectivity index (χ1) is 9.56. The van der Waals surface area contributed by atoms with Gasteiger partial charge in [-0.1, -0.05) is 40.9 Å². The third kappa shape index (κ3) is 3.43. The van der Waals surface area contributed by atoms with Gasteiger partial charge in [0, 0.05) is 10.0 Å². The van der Waals surface area contributed by atoms with Gasteiger partial charge in [0.1, 0.15) is 10.9 Å². The number of halogens is 3. The highest BCUT2D eigenvalue weighted by molar-refractivity contribution is 14.1. The first kappa shape index (κ1) is 16.0. The predicted molar refractivity (Wildman–Crippen MR) is 93.4 cm³/mol. The van der Waals surface area contributed by atoms with Gasteiger partial charge in [-0.25, -0.2) is 9.97 Å². The Hall–Kier alpha value is -0.400. The van der Waals surface area contributed by atoms with Crippen molar-refractivity contribution in [1.29, 1.82) is 0 Å². The number of aryl methyl sites for hydroxylation is 1. The molecule has 106 valence electrons. The molecular formula is C14H13BrClIN2O. The molecular weight excluding hydrogens is 454 g/mol. The number of hydrogen-bond donors (Lipinski definition) is 0. The zero-order valence-electron chi connectivity index (χ0n) is 11.1. The molecule has 6 heteroatoms. The molecule has 0 bridgehead atoms. The maximum atomic E-state index is 6.23. The Morgan fingerprint density at radius 2 is 2.10 bits per heavy atom. The molecule has 1 aromatic carbocycles. The molecule has 0 spiro atoms. The van der Waals surface area contributed by atoms with Gasteiger partial charge in [-0.3, -0.25) is 0 Å². The number of hydrogen-bond acceptors (Lipinski definition) is 3. The molecule has 0 amide bonds. The van der Waals surface area contributed by atoms with Crippen LogP contribution in [0.4, 0.5) is 0 Å². The minimum atomic E-state index is 0.494. The highest BCUT2D eigenvalue weighted by atomic mass is 127. The van der Waals surface area contributed by atoms with E-state index in [1.807, 2.05) is 18.2 Å². The Morgan fingerprint density at radius 1 is 1.35 bits per heavy atom. The van der Waals surface area contributed by atoms with Crippen LogP contribution >= 0.6 is 50.1 Å². The fraction of sp³-hybridized carbons (Fsp3) is 0.286. The third-order valence-corrected chi connectivity index (χ3v) is 5.20. The minimum absolute atomic E-state index is 0.494. The molecule has 1 aromatic heterocycles. The fourth-order valence-corrected chi connectivity index (χ4v) is 2.91. The van der Waals surface area contributed by atoms with E-state index < -0.39 is 0 Å². The SMILES string of the molecule is CCCc1nc(-c2cc(OC)ccc2Br)nc(Cl)c1I. The van der Waals surface area contributed by atoms with Crippen molar-refractivity contribution in [3.05, 3.63) is 37.1 Å². The minimum Gasteiger partial charge on any atom is -0.497 e. The molecule has 0 fully saturated rings. The zero-order valence-corrected chi connectivity index (χ0v) is 15.6. The van der Waals surface area contributed by atoms with Crippen molar-refractivity contribution in [3.63, 3.8) is 0 Å². The van der Waals surface area contributed by atoms with Gasteiger partial charge < -0.3 is 4.74 Å².